The van der Waals surface area contributed by atoms with Crippen molar-refractivity contribution < 1.29 is 9.90 Å². The van der Waals surface area contributed by atoms with Crippen molar-refractivity contribution in [3.8, 4) is 0 Å². The van der Waals surface area contributed by atoms with Gasteiger partial charge < -0.3 is 15.7 Å². The summed E-state index contributed by atoms with van der Waals surface area (Å²) in [7, 11) is 0. The van der Waals surface area contributed by atoms with Gasteiger partial charge in [0, 0.05) is 18.5 Å². The molecule has 6 heteroatoms. The van der Waals surface area contributed by atoms with Crippen LogP contribution in [0.5, 0.6) is 0 Å². The van der Waals surface area contributed by atoms with Crippen LogP contribution in [0.15, 0.2) is 5.38 Å². The summed E-state index contributed by atoms with van der Waals surface area (Å²) in [6.45, 7) is 2.67. The van der Waals surface area contributed by atoms with E-state index in [1.54, 1.807) is 17.2 Å². The average Bonchev–Trinajstić information content (AvgIpc) is 2.71. The number of aromatic nitrogens is 1. The summed E-state index contributed by atoms with van der Waals surface area (Å²) < 4.78 is 0. The van der Waals surface area contributed by atoms with Crippen LogP contribution in [0.1, 0.15) is 23.8 Å². The zero-order chi connectivity index (χ0) is 11.1. The highest BCUT2D eigenvalue weighted by Gasteiger charge is 2.34. The number of amides is 1. The Labute approximate surface area is 91.5 Å². The number of carbonyl (C=O) groups is 1. The van der Waals surface area contributed by atoms with E-state index in [1.807, 2.05) is 0 Å². The number of rotatable bonds is 1. The van der Waals surface area contributed by atoms with E-state index >= 15 is 0 Å². The lowest BCUT2D eigenvalue weighted by Gasteiger charge is -2.17. The van der Waals surface area contributed by atoms with E-state index in [9.17, 15) is 9.90 Å². The number of nitrogens with zero attached hydrogens (tertiary/aromatic N) is 2. The maximum absolute atomic E-state index is 11.9. The molecule has 15 heavy (non-hydrogen) atoms. The number of nitrogen functional groups attached to an aromatic ring is 1. The van der Waals surface area contributed by atoms with Gasteiger partial charge in [-0.15, -0.1) is 11.3 Å². The van der Waals surface area contributed by atoms with Crippen molar-refractivity contribution in [3.05, 3.63) is 11.1 Å². The molecule has 1 unspecified atom stereocenters. The van der Waals surface area contributed by atoms with Crippen molar-refractivity contribution in [1.29, 1.82) is 0 Å². The fourth-order valence-electron chi connectivity index (χ4n) is 1.67. The Morgan fingerprint density at radius 3 is 3.00 bits per heavy atom. The van der Waals surface area contributed by atoms with Gasteiger partial charge in [-0.05, 0) is 13.3 Å². The molecule has 82 valence electrons. The minimum atomic E-state index is -0.767. The normalized spacial score (nSPS) is 25.9. The van der Waals surface area contributed by atoms with Crippen LogP contribution in [0.25, 0.3) is 0 Å². The van der Waals surface area contributed by atoms with Crippen LogP contribution in [-0.2, 0) is 0 Å². The molecule has 1 aliphatic rings. The van der Waals surface area contributed by atoms with Crippen LogP contribution in [0.3, 0.4) is 0 Å². The molecule has 0 saturated carbocycles. The maximum Gasteiger partial charge on any atom is 0.273 e. The molecule has 1 aliphatic heterocycles. The molecule has 1 aromatic rings. The van der Waals surface area contributed by atoms with Crippen LogP contribution in [0.4, 0.5) is 5.13 Å². The summed E-state index contributed by atoms with van der Waals surface area (Å²) in [5.41, 5.74) is 5.06. The lowest BCUT2D eigenvalue weighted by molar-refractivity contribution is 0.0569. The molecule has 0 aromatic carbocycles. The third-order valence-corrected chi connectivity index (χ3v) is 3.15. The standard InChI is InChI=1S/C9H13N3O2S/c1-9(14)2-3-12(5-9)7(13)6-4-15-8(10)11-6/h4,14H,2-3,5H2,1H3,(H2,10,11). The molecule has 2 heterocycles. The number of carbonyl (C=O) groups excluding carboxylic acids is 1. The lowest BCUT2D eigenvalue weighted by Crippen LogP contribution is -2.34. The number of anilines is 1. The van der Waals surface area contributed by atoms with Gasteiger partial charge in [-0.25, -0.2) is 4.98 Å². The SMILES string of the molecule is CC1(O)CCN(C(=O)c2csc(N)n2)C1. The van der Waals surface area contributed by atoms with Crippen LogP contribution >= 0.6 is 11.3 Å². The summed E-state index contributed by atoms with van der Waals surface area (Å²) in [4.78, 5) is 17.4. The van der Waals surface area contributed by atoms with Crippen LogP contribution < -0.4 is 5.73 Å². The van der Waals surface area contributed by atoms with Crippen molar-refractivity contribution in [2.45, 2.75) is 18.9 Å². The molecule has 1 amide bonds. The van der Waals surface area contributed by atoms with Crippen molar-refractivity contribution in [3.63, 3.8) is 0 Å². The molecular formula is C9H13N3O2S. The molecule has 1 fully saturated rings. The van der Waals surface area contributed by atoms with Gasteiger partial charge in [0.05, 0.1) is 5.60 Å². The molecule has 0 spiro atoms. The summed E-state index contributed by atoms with van der Waals surface area (Å²) in [6.07, 6.45) is 0.609. The number of nitrogens with two attached hydrogens (primary N) is 1. The number of β-amino-alcohol motifs (C(OH)–C–C–N with tert-alkyl or cyclic N) is 1. The number of likely N-dealkylation sites (tertiary alicyclic amines) is 1. The predicted octanol–water partition coefficient (Wildman–Crippen LogP) is 0.322. The van der Waals surface area contributed by atoms with Gasteiger partial charge in [-0.3, -0.25) is 4.79 Å². The highest BCUT2D eigenvalue weighted by Crippen LogP contribution is 2.22. The monoisotopic (exact) mass is 227 g/mol. The fraction of sp³-hybridized carbons (Fsp3) is 0.556. The Kier molecular flexibility index (Phi) is 2.40. The van der Waals surface area contributed by atoms with Crippen molar-refractivity contribution in [2.75, 3.05) is 18.8 Å². The fourth-order valence-corrected chi connectivity index (χ4v) is 2.20. The molecule has 1 saturated heterocycles. The Morgan fingerprint density at radius 1 is 1.80 bits per heavy atom. The van der Waals surface area contributed by atoms with Gasteiger partial charge in [-0.2, -0.15) is 0 Å². The van der Waals surface area contributed by atoms with E-state index < -0.39 is 5.60 Å². The highest BCUT2D eigenvalue weighted by molar-refractivity contribution is 7.13. The molecule has 0 bridgehead atoms. The zero-order valence-corrected chi connectivity index (χ0v) is 9.25. The van der Waals surface area contributed by atoms with Crippen LogP contribution in [-0.4, -0.2) is 39.6 Å². The second-order valence-electron chi connectivity index (χ2n) is 4.04. The van der Waals surface area contributed by atoms with E-state index in [4.69, 9.17) is 5.73 Å². The lowest BCUT2D eigenvalue weighted by atomic mass is 10.1. The molecule has 3 N–H and O–H groups in total. The first-order chi connectivity index (χ1) is 6.98. The number of aliphatic hydroxyl groups is 1. The molecule has 2 rings (SSSR count). The average molecular weight is 227 g/mol. The summed E-state index contributed by atoms with van der Waals surface area (Å²) in [5.74, 6) is -0.152. The summed E-state index contributed by atoms with van der Waals surface area (Å²) in [6, 6.07) is 0. The number of hydrogen-bond donors (Lipinski definition) is 2. The quantitative estimate of drug-likeness (QED) is 0.724. The minimum absolute atomic E-state index is 0.152. The van der Waals surface area contributed by atoms with E-state index in [0.717, 1.165) is 0 Å². The molecule has 5 nitrogen and oxygen atoms in total. The van der Waals surface area contributed by atoms with E-state index in [2.05, 4.69) is 4.98 Å². The number of hydrogen-bond acceptors (Lipinski definition) is 5. The summed E-state index contributed by atoms with van der Waals surface area (Å²) in [5, 5.41) is 11.8. The van der Waals surface area contributed by atoms with E-state index in [0.29, 0.717) is 30.3 Å². The molecule has 0 aliphatic carbocycles. The van der Waals surface area contributed by atoms with E-state index in [1.165, 1.54) is 11.3 Å². The first-order valence-corrected chi connectivity index (χ1v) is 5.58. The van der Waals surface area contributed by atoms with Gasteiger partial charge in [0.25, 0.3) is 5.91 Å². The van der Waals surface area contributed by atoms with Gasteiger partial charge in [0.1, 0.15) is 5.69 Å². The van der Waals surface area contributed by atoms with Gasteiger partial charge in [-0.1, -0.05) is 0 Å². The Morgan fingerprint density at radius 2 is 2.53 bits per heavy atom. The van der Waals surface area contributed by atoms with Gasteiger partial charge in [0.15, 0.2) is 5.13 Å². The molecule has 1 atom stereocenters. The number of thiazole rings is 1. The first-order valence-electron chi connectivity index (χ1n) is 4.71. The Balaban J connectivity index is 2.10. The second kappa shape index (κ2) is 3.46. The van der Waals surface area contributed by atoms with Crippen molar-refractivity contribution in [2.24, 2.45) is 0 Å². The topological polar surface area (TPSA) is 79.5 Å². The molecule has 1 aromatic heterocycles. The van der Waals surface area contributed by atoms with E-state index in [-0.39, 0.29) is 5.91 Å². The van der Waals surface area contributed by atoms with Gasteiger partial charge in [0.2, 0.25) is 0 Å². The predicted molar refractivity (Wildman–Crippen MR) is 57.7 cm³/mol. The maximum atomic E-state index is 11.9. The Hall–Kier alpha value is -1.14. The zero-order valence-electron chi connectivity index (χ0n) is 8.43. The van der Waals surface area contributed by atoms with Crippen molar-refractivity contribution in [1.82, 2.24) is 9.88 Å². The smallest absolute Gasteiger partial charge is 0.273 e. The van der Waals surface area contributed by atoms with Crippen molar-refractivity contribution >= 4 is 22.4 Å². The molecular weight excluding hydrogens is 214 g/mol. The van der Waals surface area contributed by atoms with Gasteiger partial charge >= 0.3 is 0 Å². The van der Waals surface area contributed by atoms with Crippen LogP contribution in [0.2, 0.25) is 0 Å². The largest absolute Gasteiger partial charge is 0.388 e. The summed E-state index contributed by atoms with van der Waals surface area (Å²) >= 11 is 1.25. The highest BCUT2D eigenvalue weighted by atomic mass is 32.1. The first kappa shape index (κ1) is 10.4. The molecule has 0 radical (unpaired) electrons. The minimum Gasteiger partial charge on any atom is -0.388 e. The Bertz CT molecular complexity index is 388. The van der Waals surface area contributed by atoms with Crippen LogP contribution in [0, 0.1) is 0 Å². The third kappa shape index (κ3) is 2.10. The second-order valence-corrected chi connectivity index (χ2v) is 4.93. The third-order valence-electron chi connectivity index (χ3n) is 2.48.